The van der Waals surface area contributed by atoms with Gasteiger partial charge in [-0.15, -0.1) is 0 Å². The summed E-state index contributed by atoms with van der Waals surface area (Å²) in [6.45, 7) is 2.16. The summed E-state index contributed by atoms with van der Waals surface area (Å²) < 4.78 is 5.21. The van der Waals surface area contributed by atoms with E-state index in [4.69, 9.17) is 9.84 Å². The second kappa shape index (κ2) is 6.10. The summed E-state index contributed by atoms with van der Waals surface area (Å²) in [5.74, 6) is -0.983. The van der Waals surface area contributed by atoms with Crippen molar-refractivity contribution in [3.63, 3.8) is 0 Å². The molecule has 104 valence electrons. The van der Waals surface area contributed by atoms with Gasteiger partial charge in [-0.1, -0.05) is 0 Å². The van der Waals surface area contributed by atoms with Gasteiger partial charge in [-0.05, 0) is 12.1 Å². The second-order valence-corrected chi connectivity index (χ2v) is 4.78. The third-order valence-corrected chi connectivity index (χ3v) is 3.26. The first kappa shape index (κ1) is 13.9. The van der Waals surface area contributed by atoms with E-state index in [1.165, 1.54) is 12.3 Å². The monoisotopic (exact) mass is 266 g/mol. The van der Waals surface area contributed by atoms with Crippen molar-refractivity contribution in [3.8, 4) is 0 Å². The summed E-state index contributed by atoms with van der Waals surface area (Å²) in [6.07, 6.45) is 2.60. The van der Waals surface area contributed by atoms with Crippen LogP contribution in [0.15, 0.2) is 18.3 Å². The number of hydrogen-bond donors (Lipinski definition) is 3. The molecule has 1 aliphatic rings. The molecular weight excluding hydrogens is 248 g/mol. The molecule has 1 saturated heterocycles. The van der Waals surface area contributed by atoms with Gasteiger partial charge in [-0.2, -0.15) is 0 Å². The molecule has 0 saturated carbocycles. The Kier molecular flexibility index (Phi) is 4.47. The standard InChI is InChI=1S/C13H18N2O4/c16-12(17)10-1-2-11(15-7-10)8-14-9-13(18)3-5-19-6-4-13/h1-2,7,14,18H,3-6,8-9H2,(H,16,17). The topological polar surface area (TPSA) is 91.7 Å². The van der Waals surface area contributed by atoms with E-state index < -0.39 is 11.6 Å². The summed E-state index contributed by atoms with van der Waals surface area (Å²) >= 11 is 0. The van der Waals surface area contributed by atoms with E-state index in [9.17, 15) is 9.90 Å². The average Bonchev–Trinajstić information content (AvgIpc) is 2.40. The molecule has 1 aromatic heterocycles. The molecular formula is C13H18N2O4. The Balaban J connectivity index is 1.80. The Labute approximate surface area is 111 Å². The van der Waals surface area contributed by atoms with Crippen molar-refractivity contribution in [2.45, 2.75) is 25.0 Å². The number of aromatic nitrogens is 1. The minimum Gasteiger partial charge on any atom is -0.478 e. The molecule has 1 fully saturated rings. The van der Waals surface area contributed by atoms with Crippen LogP contribution in [-0.4, -0.2) is 46.5 Å². The number of rotatable bonds is 5. The van der Waals surface area contributed by atoms with Gasteiger partial charge >= 0.3 is 5.97 Å². The van der Waals surface area contributed by atoms with Gasteiger partial charge in [0.05, 0.1) is 16.9 Å². The van der Waals surface area contributed by atoms with Gasteiger partial charge in [0.1, 0.15) is 0 Å². The van der Waals surface area contributed by atoms with E-state index in [-0.39, 0.29) is 5.56 Å². The normalized spacial score (nSPS) is 18.2. The third kappa shape index (κ3) is 3.99. The van der Waals surface area contributed by atoms with Crippen molar-refractivity contribution in [1.29, 1.82) is 0 Å². The van der Waals surface area contributed by atoms with Crippen molar-refractivity contribution >= 4 is 5.97 Å². The maximum Gasteiger partial charge on any atom is 0.337 e. The van der Waals surface area contributed by atoms with Crippen molar-refractivity contribution in [3.05, 3.63) is 29.6 Å². The number of hydrogen-bond acceptors (Lipinski definition) is 5. The van der Waals surface area contributed by atoms with E-state index in [0.717, 1.165) is 5.69 Å². The second-order valence-electron chi connectivity index (χ2n) is 4.78. The fraction of sp³-hybridized carbons (Fsp3) is 0.538. The van der Waals surface area contributed by atoms with E-state index >= 15 is 0 Å². The van der Waals surface area contributed by atoms with Crippen molar-refractivity contribution in [1.82, 2.24) is 10.3 Å². The number of carbonyl (C=O) groups is 1. The Morgan fingerprint density at radius 1 is 1.42 bits per heavy atom. The largest absolute Gasteiger partial charge is 0.478 e. The number of aliphatic hydroxyl groups is 1. The number of aromatic carboxylic acids is 1. The van der Waals surface area contributed by atoms with E-state index in [1.54, 1.807) is 6.07 Å². The average molecular weight is 266 g/mol. The Morgan fingerprint density at radius 3 is 2.74 bits per heavy atom. The van der Waals surface area contributed by atoms with Gasteiger partial charge in [0.2, 0.25) is 0 Å². The van der Waals surface area contributed by atoms with Crippen LogP contribution >= 0.6 is 0 Å². The van der Waals surface area contributed by atoms with E-state index in [1.807, 2.05) is 0 Å². The molecule has 2 rings (SSSR count). The first-order valence-electron chi connectivity index (χ1n) is 6.28. The number of pyridine rings is 1. The lowest BCUT2D eigenvalue weighted by Crippen LogP contribution is -2.44. The maximum atomic E-state index is 10.7. The molecule has 1 aliphatic heterocycles. The summed E-state index contributed by atoms with van der Waals surface area (Å²) in [6, 6.07) is 3.19. The zero-order chi connectivity index (χ0) is 13.7. The Bertz CT molecular complexity index is 427. The highest BCUT2D eigenvalue weighted by molar-refractivity contribution is 5.87. The van der Waals surface area contributed by atoms with E-state index in [2.05, 4.69) is 10.3 Å². The molecule has 0 aromatic carbocycles. The number of nitrogens with zero attached hydrogens (tertiary/aromatic N) is 1. The van der Waals surface area contributed by atoms with Crippen LogP contribution in [0.25, 0.3) is 0 Å². The van der Waals surface area contributed by atoms with Gasteiger partial charge in [0, 0.05) is 45.3 Å². The van der Waals surface area contributed by atoms with Crippen molar-refractivity contribution < 1.29 is 19.7 Å². The van der Waals surface area contributed by atoms with Crippen LogP contribution in [0.4, 0.5) is 0 Å². The fourth-order valence-corrected chi connectivity index (χ4v) is 2.01. The quantitative estimate of drug-likeness (QED) is 0.715. The fourth-order valence-electron chi connectivity index (χ4n) is 2.01. The molecule has 6 nitrogen and oxygen atoms in total. The predicted octanol–water partition coefficient (Wildman–Crippen LogP) is 0.411. The van der Waals surface area contributed by atoms with Crippen LogP contribution in [0, 0.1) is 0 Å². The van der Waals surface area contributed by atoms with Crippen LogP contribution in [0.5, 0.6) is 0 Å². The molecule has 6 heteroatoms. The third-order valence-electron chi connectivity index (χ3n) is 3.26. The van der Waals surface area contributed by atoms with Crippen molar-refractivity contribution in [2.24, 2.45) is 0 Å². The molecule has 3 N–H and O–H groups in total. The lowest BCUT2D eigenvalue weighted by molar-refractivity contribution is -0.0617. The smallest absolute Gasteiger partial charge is 0.337 e. The number of carboxylic acid groups (broad SMARTS) is 1. The molecule has 0 bridgehead atoms. The van der Waals surface area contributed by atoms with Crippen LogP contribution in [0.2, 0.25) is 0 Å². The van der Waals surface area contributed by atoms with Gasteiger partial charge in [-0.25, -0.2) is 4.79 Å². The molecule has 19 heavy (non-hydrogen) atoms. The van der Waals surface area contributed by atoms with Gasteiger partial charge < -0.3 is 20.3 Å². The molecule has 1 aromatic rings. The minimum absolute atomic E-state index is 0.173. The van der Waals surface area contributed by atoms with Crippen LogP contribution in [0.3, 0.4) is 0 Å². The van der Waals surface area contributed by atoms with E-state index in [0.29, 0.717) is 39.1 Å². The lowest BCUT2D eigenvalue weighted by atomic mass is 9.94. The van der Waals surface area contributed by atoms with Crippen molar-refractivity contribution in [2.75, 3.05) is 19.8 Å². The van der Waals surface area contributed by atoms with Crippen LogP contribution < -0.4 is 5.32 Å². The molecule has 0 unspecified atom stereocenters. The Morgan fingerprint density at radius 2 is 2.16 bits per heavy atom. The minimum atomic E-state index is -0.983. The summed E-state index contributed by atoms with van der Waals surface area (Å²) in [5.41, 5.74) is 0.215. The number of carboxylic acids is 1. The highest BCUT2D eigenvalue weighted by atomic mass is 16.5. The lowest BCUT2D eigenvalue weighted by Gasteiger charge is -2.32. The SMILES string of the molecule is O=C(O)c1ccc(CNCC2(O)CCOCC2)nc1. The molecule has 0 aliphatic carbocycles. The Hall–Kier alpha value is -1.50. The first-order valence-corrected chi connectivity index (χ1v) is 6.28. The zero-order valence-electron chi connectivity index (χ0n) is 10.6. The molecule has 0 radical (unpaired) electrons. The highest BCUT2D eigenvalue weighted by Gasteiger charge is 2.29. The predicted molar refractivity (Wildman–Crippen MR) is 67.9 cm³/mol. The highest BCUT2D eigenvalue weighted by Crippen LogP contribution is 2.19. The van der Waals surface area contributed by atoms with Crippen LogP contribution in [0.1, 0.15) is 28.9 Å². The maximum absolute atomic E-state index is 10.7. The molecule has 0 spiro atoms. The molecule has 0 atom stereocenters. The summed E-state index contributed by atoms with van der Waals surface area (Å²) in [7, 11) is 0. The van der Waals surface area contributed by atoms with Gasteiger partial charge in [0.25, 0.3) is 0 Å². The van der Waals surface area contributed by atoms with Gasteiger partial charge in [-0.3, -0.25) is 4.98 Å². The van der Waals surface area contributed by atoms with Crippen LogP contribution in [-0.2, 0) is 11.3 Å². The van der Waals surface area contributed by atoms with Gasteiger partial charge in [0.15, 0.2) is 0 Å². The zero-order valence-corrected chi connectivity index (χ0v) is 10.6. The molecule has 0 amide bonds. The molecule has 2 heterocycles. The number of ether oxygens (including phenoxy) is 1. The first-order chi connectivity index (χ1) is 9.09. The summed E-state index contributed by atoms with van der Waals surface area (Å²) in [4.78, 5) is 14.7. The summed E-state index contributed by atoms with van der Waals surface area (Å²) in [5, 5.41) is 22.1. The number of nitrogens with one attached hydrogen (secondary N) is 1.